The van der Waals surface area contributed by atoms with E-state index in [9.17, 15) is 8.42 Å². The molecule has 2 bridgehead atoms. The van der Waals surface area contributed by atoms with Crippen LogP contribution in [0.3, 0.4) is 0 Å². The average molecular weight is 752 g/mol. The molecule has 4 saturated heterocycles. The first-order chi connectivity index (χ1) is 23.6. The summed E-state index contributed by atoms with van der Waals surface area (Å²) in [7, 11) is 0.348. The molecule has 4 aliphatic heterocycles. The molecule has 4 fully saturated rings. The zero-order valence-electron chi connectivity index (χ0n) is 28.3. The highest BCUT2D eigenvalue weighted by Crippen LogP contribution is 2.39. The summed E-state index contributed by atoms with van der Waals surface area (Å²) in [6.07, 6.45) is 11.7. The molecule has 2 unspecified atom stereocenters. The van der Waals surface area contributed by atoms with Gasteiger partial charge in [-0.15, -0.1) is 0 Å². The molecule has 0 amide bonds. The van der Waals surface area contributed by atoms with Gasteiger partial charge in [-0.3, -0.25) is 19.6 Å². The molecule has 0 aliphatic carbocycles. The Morgan fingerprint density at radius 1 is 0.959 bits per heavy atom. The SMILES string of the molecule is CCc1cc(Nc2ncc(Br)c(Nc3ccc4nccnc4c3NS(C)(=O)=O)n2)c(OC)cc1N1CCC(N2CC3CCC2CN3C)CC1. The number of anilines is 6. The van der Waals surface area contributed by atoms with Crippen LogP contribution >= 0.6 is 15.9 Å². The van der Waals surface area contributed by atoms with Crippen molar-refractivity contribution < 1.29 is 13.2 Å². The Bertz CT molecular complexity index is 1960. The zero-order chi connectivity index (χ0) is 34.3. The summed E-state index contributed by atoms with van der Waals surface area (Å²) < 4.78 is 33.6. The number of nitrogens with one attached hydrogen (secondary N) is 3. The molecule has 6 heterocycles. The van der Waals surface area contributed by atoms with Crippen molar-refractivity contribution in [2.45, 2.75) is 57.2 Å². The number of piperazine rings is 1. The molecule has 2 aromatic carbocycles. The second-order valence-electron chi connectivity index (χ2n) is 13.2. The van der Waals surface area contributed by atoms with Gasteiger partial charge in [0.2, 0.25) is 16.0 Å². The number of halogens is 1. The number of sulfonamides is 1. The van der Waals surface area contributed by atoms with Crippen LogP contribution in [0.4, 0.5) is 34.5 Å². The van der Waals surface area contributed by atoms with Crippen molar-refractivity contribution in [3.8, 4) is 5.75 Å². The van der Waals surface area contributed by atoms with Crippen molar-refractivity contribution in [2.24, 2.45) is 0 Å². The minimum Gasteiger partial charge on any atom is -0.494 e. The second kappa shape index (κ2) is 13.8. The van der Waals surface area contributed by atoms with Crippen molar-refractivity contribution in [3.63, 3.8) is 0 Å². The van der Waals surface area contributed by atoms with E-state index in [0.29, 0.717) is 56.8 Å². The van der Waals surface area contributed by atoms with E-state index in [0.717, 1.165) is 31.5 Å². The topological polar surface area (TPSA) is 141 Å². The van der Waals surface area contributed by atoms with E-state index < -0.39 is 10.0 Å². The number of aryl methyl sites for hydroxylation is 1. The Morgan fingerprint density at radius 3 is 2.43 bits per heavy atom. The van der Waals surface area contributed by atoms with Crippen LogP contribution in [0.1, 0.15) is 38.2 Å². The summed E-state index contributed by atoms with van der Waals surface area (Å²) in [5, 5.41) is 6.61. The number of aromatic nitrogens is 4. The largest absolute Gasteiger partial charge is 0.494 e. The van der Waals surface area contributed by atoms with Crippen LogP contribution in [-0.4, -0.2) is 103 Å². The third-order valence-electron chi connectivity index (χ3n) is 10.1. The maximum absolute atomic E-state index is 12.3. The van der Waals surface area contributed by atoms with Gasteiger partial charge in [-0.05, 0) is 78.8 Å². The van der Waals surface area contributed by atoms with Gasteiger partial charge in [0.05, 0.1) is 40.4 Å². The standard InChI is InChI=1S/C34H43BrN10O3S/c1-5-21-16-28(30(48-3)17-29(21)44-14-10-22(11-15-44)45-20-23-6-7-24(45)19-43(23)2)40-34-38-18-25(35)33(41-34)39-27-9-8-26-31(37-13-12-36-26)32(27)42-49(4,46)47/h8-9,12-13,16-18,22-24,42H,5-7,10-11,14-15,19-20H2,1-4H3,(H2,38,39,40,41). The molecule has 13 nitrogen and oxygen atoms in total. The molecule has 2 atom stereocenters. The lowest BCUT2D eigenvalue weighted by Gasteiger charge is -2.54. The molecule has 2 aromatic heterocycles. The quantitative estimate of drug-likeness (QED) is 0.192. The van der Waals surface area contributed by atoms with Gasteiger partial charge in [0.1, 0.15) is 17.1 Å². The van der Waals surface area contributed by atoms with Gasteiger partial charge in [0.15, 0.2) is 0 Å². The predicted molar refractivity (Wildman–Crippen MR) is 198 cm³/mol. The molecular weight excluding hydrogens is 708 g/mol. The van der Waals surface area contributed by atoms with Crippen molar-refractivity contribution in [1.82, 2.24) is 29.7 Å². The summed E-state index contributed by atoms with van der Waals surface area (Å²) in [6.45, 7) is 6.65. The Kier molecular flexibility index (Phi) is 9.52. The maximum atomic E-state index is 12.3. The first-order valence-corrected chi connectivity index (χ1v) is 19.5. The molecule has 4 aliphatic rings. The highest BCUT2D eigenvalue weighted by Gasteiger charge is 2.41. The number of hydrogen-bond donors (Lipinski definition) is 3. The fourth-order valence-electron chi connectivity index (χ4n) is 7.61. The first kappa shape index (κ1) is 33.7. The summed E-state index contributed by atoms with van der Waals surface area (Å²) in [6, 6.07) is 9.84. The number of rotatable bonds is 10. The molecule has 4 aromatic rings. The van der Waals surface area contributed by atoms with Gasteiger partial charge in [-0.2, -0.15) is 4.98 Å². The van der Waals surface area contributed by atoms with Crippen molar-refractivity contribution in [1.29, 1.82) is 0 Å². The van der Waals surface area contributed by atoms with Gasteiger partial charge < -0.3 is 25.2 Å². The Morgan fingerprint density at radius 2 is 1.73 bits per heavy atom. The smallest absolute Gasteiger partial charge is 0.229 e. The highest BCUT2D eigenvalue weighted by atomic mass is 79.9. The number of ether oxygens (including phenoxy) is 1. The fourth-order valence-corrected chi connectivity index (χ4v) is 8.48. The van der Waals surface area contributed by atoms with E-state index in [4.69, 9.17) is 9.72 Å². The van der Waals surface area contributed by atoms with Crippen molar-refractivity contribution in [2.75, 3.05) is 66.8 Å². The lowest BCUT2D eigenvalue weighted by atomic mass is 9.88. The van der Waals surface area contributed by atoms with Gasteiger partial charge in [-0.25, -0.2) is 13.4 Å². The molecule has 3 N–H and O–H groups in total. The van der Waals surface area contributed by atoms with E-state index in [2.05, 4.69) is 87.0 Å². The molecule has 0 spiro atoms. The Balaban J connectivity index is 1.10. The number of methoxy groups -OCH3 is 1. The Hall–Kier alpha value is -3.79. The van der Waals surface area contributed by atoms with Crippen LogP contribution in [0.2, 0.25) is 0 Å². The van der Waals surface area contributed by atoms with E-state index in [1.54, 1.807) is 31.6 Å². The normalized spacial score (nSPS) is 20.5. The maximum Gasteiger partial charge on any atom is 0.229 e. The van der Waals surface area contributed by atoms with E-state index in [-0.39, 0.29) is 5.69 Å². The molecular formula is C34H43BrN10O3S. The van der Waals surface area contributed by atoms with Gasteiger partial charge in [0, 0.05) is 74.6 Å². The molecule has 8 rings (SSSR count). The Labute approximate surface area is 296 Å². The predicted octanol–water partition coefficient (Wildman–Crippen LogP) is 5.36. The third-order valence-corrected chi connectivity index (χ3v) is 11.2. The van der Waals surface area contributed by atoms with E-state index >= 15 is 0 Å². The van der Waals surface area contributed by atoms with E-state index in [1.165, 1.54) is 56.2 Å². The van der Waals surface area contributed by atoms with Crippen molar-refractivity contribution in [3.05, 3.63) is 52.9 Å². The minimum absolute atomic E-state index is 0.276. The molecule has 260 valence electrons. The number of nitrogens with zero attached hydrogens (tertiary/aromatic N) is 7. The number of likely N-dealkylation sites (N-methyl/N-ethyl adjacent to an activating group) is 1. The van der Waals surface area contributed by atoms with Gasteiger partial charge in [-0.1, -0.05) is 6.92 Å². The summed E-state index contributed by atoms with van der Waals surface area (Å²) in [5.41, 5.74) is 4.91. The summed E-state index contributed by atoms with van der Waals surface area (Å²) >= 11 is 3.54. The minimum atomic E-state index is -3.62. The number of piperidine rings is 3. The number of fused-ring (bicyclic) bond motifs is 4. The van der Waals surface area contributed by atoms with Crippen LogP contribution in [-0.2, 0) is 16.4 Å². The fraction of sp³-hybridized carbons (Fsp3) is 0.471. The van der Waals surface area contributed by atoms with Crippen LogP contribution < -0.4 is 25.0 Å². The monoisotopic (exact) mass is 750 g/mol. The number of benzene rings is 2. The van der Waals surface area contributed by atoms with Crippen LogP contribution in [0.15, 0.2) is 47.3 Å². The molecule has 49 heavy (non-hydrogen) atoms. The third kappa shape index (κ3) is 7.12. The molecule has 0 saturated carbocycles. The van der Waals surface area contributed by atoms with Gasteiger partial charge in [0.25, 0.3) is 0 Å². The summed E-state index contributed by atoms with van der Waals surface area (Å²) in [5.74, 6) is 1.49. The molecule has 0 radical (unpaired) electrons. The lowest BCUT2D eigenvalue weighted by molar-refractivity contribution is -0.0360. The zero-order valence-corrected chi connectivity index (χ0v) is 30.7. The second-order valence-corrected chi connectivity index (χ2v) is 15.8. The van der Waals surface area contributed by atoms with Crippen LogP contribution in [0.5, 0.6) is 5.75 Å². The first-order valence-electron chi connectivity index (χ1n) is 16.8. The van der Waals surface area contributed by atoms with Crippen LogP contribution in [0, 0.1) is 0 Å². The lowest BCUT2D eigenvalue weighted by Crippen LogP contribution is -2.64. The average Bonchev–Trinajstić information content (AvgIpc) is 3.10. The van der Waals surface area contributed by atoms with Crippen LogP contribution in [0.25, 0.3) is 11.0 Å². The van der Waals surface area contributed by atoms with Gasteiger partial charge >= 0.3 is 0 Å². The summed E-state index contributed by atoms with van der Waals surface area (Å²) in [4.78, 5) is 25.8. The highest BCUT2D eigenvalue weighted by molar-refractivity contribution is 9.10. The molecule has 15 heteroatoms. The van der Waals surface area contributed by atoms with E-state index in [1.807, 2.05) is 0 Å². The number of hydrogen-bond acceptors (Lipinski definition) is 12. The van der Waals surface area contributed by atoms with Crippen molar-refractivity contribution >= 4 is 71.5 Å².